The Morgan fingerprint density at radius 1 is 1.20 bits per heavy atom. The molecule has 20 heavy (non-hydrogen) atoms. The molecule has 0 aliphatic carbocycles. The molecule has 1 aromatic carbocycles. The van der Waals surface area contributed by atoms with E-state index in [1.165, 1.54) is 6.92 Å². The third-order valence-corrected chi connectivity index (χ3v) is 3.96. The lowest BCUT2D eigenvalue weighted by Gasteiger charge is -2.10. The van der Waals surface area contributed by atoms with Gasteiger partial charge in [-0.15, -0.1) is 0 Å². The van der Waals surface area contributed by atoms with Crippen LogP contribution < -0.4 is 4.72 Å². The Morgan fingerprint density at radius 2 is 1.80 bits per heavy atom. The molecule has 0 unspecified atom stereocenters. The highest BCUT2D eigenvalue weighted by molar-refractivity contribution is 7.92. The van der Waals surface area contributed by atoms with Gasteiger partial charge in [-0.25, -0.2) is 8.42 Å². The molecule has 5 nitrogen and oxygen atoms in total. The number of hydrogen-bond acceptors (Lipinski definition) is 4. The Balaban J connectivity index is 2.83. The number of aryl methyl sites for hydroxylation is 2. The summed E-state index contributed by atoms with van der Waals surface area (Å²) in [4.78, 5) is 11.7. The topological polar surface area (TPSA) is 76.4 Å². The van der Waals surface area contributed by atoms with E-state index >= 15 is 0 Å². The number of carbonyl (C=O) groups excluding carboxylic acids is 1. The molecule has 1 heterocycles. The zero-order valence-corrected chi connectivity index (χ0v) is 12.9. The molecule has 1 aromatic heterocycles. The summed E-state index contributed by atoms with van der Waals surface area (Å²) in [5.41, 5.74) is 3.21. The Bertz CT molecular complexity index is 816. The average molecular weight is 295 g/mol. The fraction of sp³-hybridized carbons (Fsp3) is 0.357. The summed E-state index contributed by atoms with van der Waals surface area (Å²) in [5, 5.41) is 0.643. The van der Waals surface area contributed by atoms with Crippen LogP contribution in [0.3, 0.4) is 0 Å². The summed E-state index contributed by atoms with van der Waals surface area (Å²) in [6.45, 7) is 6.86. The van der Waals surface area contributed by atoms with E-state index in [0.717, 1.165) is 17.4 Å². The predicted octanol–water partition coefficient (Wildman–Crippen LogP) is 2.93. The van der Waals surface area contributed by atoms with Crippen molar-refractivity contribution in [3.05, 3.63) is 28.5 Å². The van der Waals surface area contributed by atoms with Gasteiger partial charge in [0, 0.05) is 5.39 Å². The van der Waals surface area contributed by atoms with Crippen molar-refractivity contribution in [1.29, 1.82) is 0 Å². The van der Waals surface area contributed by atoms with Gasteiger partial charge in [0.15, 0.2) is 5.78 Å². The van der Waals surface area contributed by atoms with E-state index in [9.17, 15) is 13.2 Å². The number of carbonyl (C=O) groups is 1. The molecule has 1 N–H and O–H groups in total. The molecule has 2 rings (SSSR count). The van der Waals surface area contributed by atoms with Gasteiger partial charge in [0.25, 0.3) is 0 Å². The van der Waals surface area contributed by atoms with Crippen molar-refractivity contribution in [2.24, 2.45) is 0 Å². The van der Waals surface area contributed by atoms with Gasteiger partial charge in [-0.3, -0.25) is 9.52 Å². The van der Waals surface area contributed by atoms with Crippen LogP contribution in [-0.4, -0.2) is 20.5 Å². The van der Waals surface area contributed by atoms with Gasteiger partial charge in [0.1, 0.15) is 11.3 Å². The van der Waals surface area contributed by atoms with Crippen molar-refractivity contribution in [3.63, 3.8) is 0 Å². The van der Waals surface area contributed by atoms with Crippen LogP contribution in [0.4, 0.5) is 5.69 Å². The highest BCUT2D eigenvalue weighted by Crippen LogP contribution is 2.34. The molecule has 0 fully saturated rings. The highest BCUT2D eigenvalue weighted by atomic mass is 32.2. The van der Waals surface area contributed by atoms with Crippen molar-refractivity contribution < 1.29 is 17.6 Å². The van der Waals surface area contributed by atoms with Gasteiger partial charge in [0.2, 0.25) is 10.0 Å². The summed E-state index contributed by atoms with van der Waals surface area (Å²) in [5.74, 6) is 0.446. The zero-order chi connectivity index (χ0) is 15.2. The Hall–Kier alpha value is -1.82. The molecule has 0 amide bonds. The van der Waals surface area contributed by atoms with E-state index in [2.05, 4.69) is 4.72 Å². The second-order valence-electron chi connectivity index (χ2n) is 5.01. The molecule has 2 aromatic rings. The average Bonchev–Trinajstić information content (AvgIpc) is 2.60. The van der Waals surface area contributed by atoms with E-state index in [1.54, 1.807) is 13.0 Å². The minimum absolute atomic E-state index is 0.102. The maximum Gasteiger partial charge on any atom is 0.229 e. The van der Waals surface area contributed by atoms with Crippen LogP contribution in [0.5, 0.6) is 0 Å². The van der Waals surface area contributed by atoms with E-state index in [1.807, 2.05) is 13.8 Å². The van der Waals surface area contributed by atoms with Crippen LogP contribution in [-0.2, 0) is 10.0 Å². The minimum atomic E-state index is -3.38. The number of Topliss-reactive ketones (excluding diaryl/α,β-unsaturated/α-hetero) is 1. The van der Waals surface area contributed by atoms with Gasteiger partial charge < -0.3 is 4.42 Å². The summed E-state index contributed by atoms with van der Waals surface area (Å²) in [6.07, 6.45) is 1.10. The van der Waals surface area contributed by atoms with Crippen LogP contribution in [0.15, 0.2) is 10.5 Å². The van der Waals surface area contributed by atoms with E-state index in [0.29, 0.717) is 28.0 Å². The second-order valence-corrected chi connectivity index (χ2v) is 6.76. The molecule has 0 bridgehead atoms. The molecule has 0 radical (unpaired) electrons. The Morgan fingerprint density at radius 3 is 2.30 bits per heavy atom. The smallest absolute Gasteiger partial charge is 0.229 e. The van der Waals surface area contributed by atoms with Crippen LogP contribution in [0.1, 0.15) is 34.2 Å². The van der Waals surface area contributed by atoms with E-state index in [-0.39, 0.29) is 5.78 Å². The number of nitrogens with one attached hydrogen (secondary N) is 1. The zero-order valence-electron chi connectivity index (χ0n) is 12.1. The maximum absolute atomic E-state index is 11.7. The number of rotatable bonds is 3. The number of ketones is 1. The lowest BCUT2D eigenvalue weighted by molar-refractivity contribution is 0.101. The number of benzene rings is 1. The third-order valence-electron chi connectivity index (χ3n) is 3.36. The van der Waals surface area contributed by atoms with Crippen molar-refractivity contribution in [2.75, 3.05) is 11.0 Å². The first-order valence-electron chi connectivity index (χ1n) is 6.14. The van der Waals surface area contributed by atoms with Crippen LogP contribution in [0.25, 0.3) is 11.0 Å². The molecule has 0 aliphatic heterocycles. The highest BCUT2D eigenvalue weighted by Gasteiger charge is 2.20. The van der Waals surface area contributed by atoms with Crippen molar-refractivity contribution in [1.82, 2.24) is 0 Å². The van der Waals surface area contributed by atoms with Gasteiger partial charge in [-0.05, 0) is 44.9 Å². The van der Waals surface area contributed by atoms with Crippen molar-refractivity contribution in [2.45, 2.75) is 27.7 Å². The molecular weight excluding hydrogens is 278 g/mol. The first kappa shape index (κ1) is 14.6. The predicted molar refractivity (Wildman–Crippen MR) is 78.9 cm³/mol. The Labute approximate surface area is 118 Å². The number of hydrogen-bond donors (Lipinski definition) is 1. The molecule has 0 saturated heterocycles. The molecular formula is C14H17NO4S. The fourth-order valence-electron chi connectivity index (χ4n) is 2.35. The second kappa shape index (κ2) is 4.63. The summed E-state index contributed by atoms with van der Waals surface area (Å²) in [6, 6.07) is 1.66. The minimum Gasteiger partial charge on any atom is -0.460 e. The largest absolute Gasteiger partial charge is 0.460 e. The SMILES string of the molecule is CC(=O)c1c(C)oc2c(C)c(C)c(NS(C)(=O)=O)cc12. The van der Waals surface area contributed by atoms with E-state index < -0.39 is 10.0 Å². The van der Waals surface area contributed by atoms with Crippen LogP contribution in [0.2, 0.25) is 0 Å². The number of fused-ring (bicyclic) bond motifs is 1. The molecule has 0 saturated carbocycles. The number of sulfonamides is 1. The lowest BCUT2D eigenvalue weighted by atomic mass is 10.0. The fourth-order valence-corrected chi connectivity index (χ4v) is 2.96. The summed E-state index contributed by atoms with van der Waals surface area (Å²) < 4.78 is 31.0. The van der Waals surface area contributed by atoms with Crippen LogP contribution >= 0.6 is 0 Å². The van der Waals surface area contributed by atoms with E-state index in [4.69, 9.17) is 4.42 Å². The van der Waals surface area contributed by atoms with Crippen molar-refractivity contribution in [3.8, 4) is 0 Å². The number of furan rings is 1. The monoisotopic (exact) mass is 295 g/mol. The first-order chi connectivity index (χ1) is 9.11. The lowest BCUT2D eigenvalue weighted by Crippen LogP contribution is -2.11. The molecule has 108 valence electrons. The maximum atomic E-state index is 11.7. The molecule has 6 heteroatoms. The number of anilines is 1. The van der Waals surface area contributed by atoms with Gasteiger partial charge >= 0.3 is 0 Å². The molecule has 0 aliphatic rings. The molecule has 0 spiro atoms. The van der Waals surface area contributed by atoms with Crippen LogP contribution in [0, 0.1) is 20.8 Å². The Kier molecular flexibility index (Phi) is 3.37. The quantitative estimate of drug-likeness (QED) is 0.883. The first-order valence-corrected chi connectivity index (χ1v) is 8.03. The summed E-state index contributed by atoms with van der Waals surface area (Å²) >= 11 is 0. The van der Waals surface area contributed by atoms with Gasteiger partial charge in [-0.1, -0.05) is 0 Å². The normalized spacial score (nSPS) is 11.8. The van der Waals surface area contributed by atoms with Crippen molar-refractivity contribution >= 4 is 32.5 Å². The third kappa shape index (κ3) is 2.43. The molecule has 0 atom stereocenters. The standard InChI is InChI=1S/C14H17NO4S/c1-7-8(2)14-11(6-12(7)15-20(5,17)18)13(9(3)16)10(4)19-14/h6,15H,1-5H3. The summed E-state index contributed by atoms with van der Waals surface area (Å²) in [7, 11) is -3.38. The van der Waals surface area contributed by atoms with Gasteiger partial charge in [0.05, 0.1) is 17.5 Å². The van der Waals surface area contributed by atoms with Gasteiger partial charge in [-0.2, -0.15) is 0 Å².